The fraction of sp³-hybridized carbons (Fsp3) is 0.800. The third-order valence-corrected chi connectivity index (χ3v) is 1.09. The zero-order valence-electron chi connectivity index (χ0n) is 5.43. The molecule has 3 heteroatoms. The van der Waals surface area contributed by atoms with Gasteiger partial charge >= 0.3 is 5.97 Å². The summed E-state index contributed by atoms with van der Waals surface area (Å²) in [7, 11) is 0.221. The lowest BCUT2D eigenvalue weighted by Crippen LogP contribution is -2.08. The molecule has 0 aromatic rings. The van der Waals surface area contributed by atoms with Gasteiger partial charge in [-0.05, 0) is 0 Å². The van der Waals surface area contributed by atoms with Crippen LogP contribution in [-0.4, -0.2) is 24.4 Å². The normalized spacial score (nSPS) is 9.50. The van der Waals surface area contributed by atoms with E-state index < -0.39 is 0 Å². The largest absolute Gasteiger partial charge is 0.419 e. The van der Waals surface area contributed by atoms with Crippen LogP contribution in [-0.2, 0) is 20.4 Å². The first kappa shape index (κ1) is 7.82. The zero-order chi connectivity index (χ0) is 6.57. The Morgan fingerprint density at radius 1 is 1.62 bits per heavy atom. The molecule has 48 valence electrons. The van der Waals surface area contributed by atoms with Gasteiger partial charge in [0.15, 0.2) is 0 Å². The summed E-state index contributed by atoms with van der Waals surface area (Å²) in [5.41, 5.74) is 0. The summed E-state index contributed by atoms with van der Waals surface area (Å²) in [5, 5.41) is 0. The molecule has 0 atom stereocenters. The highest BCUT2D eigenvalue weighted by molar-refractivity contribution is 7.95. The summed E-state index contributed by atoms with van der Waals surface area (Å²) in [6, 6.07) is 0. The molecule has 0 aliphatic rings. The van der Waals surface area contributed by atoms with Crippen molar-refractivity contribution in [2.45, 2.75) is 6.92 Å². The maximum Gasteiger partial charge on any atom is 0.306 e. The molecular formula is C5H11O2S+. The van der Waals surface area contributed by atoms with Crippen LogP contribution in [0.2, 0.25) is 0 Å². The minimum Gasteiger partial charge on any atom is -0.419 e. The molecular weight excluding hydrogens is 124 g/mol. The van der Waals surface area contributed by atoms with Gasteiger partial charge < -0.3 is 4.74 Å². The van der Waals surface area contributed by atoms with Crippen LogP contribution < -0.4 is 0 Å². The predicted molar refractivity (Wildman–Crippen MR) is 35.8 cm³/mol. The summed E-state index contributed by atoms with van der Waals surface area (Å²) < 4.78 is 4.68. The number of carbonyl (C=O) groups excluding carboxylic acids is 1. The summed E-state index contributed by atoms with van der Waals surface area (Å²) in [4.78, 5) is 10.1. The average molecular weight is 135 g/mol. The van der Waals surface area contributed by atoms with E-state index in [1.54, 1.807) is 0 Å². The van der Waals surface area contributed by atoms with Gasteiger partial charge in [-0.25, -0.2) is 0 Å². The maximum absolute atomic E-state index is 10.1. The van der Waals surface area contributed by atoms with Gasteiger partial charge in [0, 0.05) is 17.8 Å². The summed E-state index contributed by atoms with van der Waals surface area (Å²) in [6.07, 6.45) is 4.06. The number of hydrogen-bond acceptors (Lipinski definition) is 2. The Bertz CT molecular complexity index is 80.5. The topological polar surface area (TPSA) is 26.3 Å². The van der Waals surface area contributed by atoms with Crippen molar-refractivity contribution in [3.05, 3.63) is 0 Å². The van der Waals surface area contributed by atoms with E-state index in [-0.39, 0.29) is 16.9 Å². The van der Waals surface area contributed by atoms with Crippen LogP contribution in [0, 0.1) is 0 Å². The fourth-order valence-electron chi connectivity index (χ4n) is 0.201. The molecule has 0 bridgehead atoms. The maximum atomic E-state index is 10.1. The van der Waals surface area contributed by atoms with Crippen LogP contribution in [0.1, 0.15) is 6.92 Å². The third kappa shape index (κ3) is 5.82. The molecule has 0 saturated carbocycles. The lowest BCUT2D eigenvalue weighted by molar-refractivity contribution is -0.138. The lowest BCUT2D eigenvalue weighted by atomic mass is 10.8. The second-order valence-electron chi connectivity index (χ2n) is 1.74. The highest BCUT2D eigenvalue weighted by atomic mass is 32.2. The summed E-state index contributed by atoms with van der Waals surface area (Å²) >= 11 is 0. The quantitative estimate of drug-likeness (QED) is 0.404. The first-order valence-electron chi connectivity index (χ1n) is 2.30. The van der Waals surface area contributed by atoms with Crippen molar-refractivity contribution in [1.82, 2.24) is 0 Å². The van der Waals surface area contributed by atoms with Crippen LogP contribution >= 0.6 is 0 Å². The first-order chi connectivity index (χ1) is 3.63. The number of ether oxygens (including phenoxy) is 1. The van der Waals surface area contributed by atoms with E-state index in [2.05, 4.69) is 4.74 Å². The molecule has 2 nitrogen and oxygen atoms in total. The SMILES string of the molecule is CC(=O)OC[S+](C)C. The monoisotopic (exact) mass is 135 g/mol. The van der Waals surface area contributed by atoms with E-state index in [9.17, 15) is 4.79 Å². The highest BCUT2D eigenvalue weighted by Crippen LogP contribution is 1.84. The molecule has 0 fully saturated rings. The van der Waals surface area contributed by atoms with Crippen molar-refractivity contribution in [1.29, 1.82) is 0 Å². The molecule has 0 saturated heterocycles. The van der Waals surface area contributed by atoms with Crippen LogP contribution in [0.5, 0.6) is 0 Å². The molecule has 0 aromatic heterocycles. The van der Waals surface area contributed by atoms with Gasteiger partial charge in [0.1, 0.15) is 12.5 Å². The van der Waals surface area contributed by atoms with Gasteiger partial charge in [-0.2, -0.15) is 0 Å². The Morgan fingerprint density at radius 2 is 2.12 bits per heavy atom. The molecule has 0 aliphatic carbocycles. The van der Waals surface area contributed by atoms with Gasteiger partial charge in [-0.3, -0.25) is 4.79 Å². The standard InChI is InChI=1S/C5H11O2S/c1-5(6)7-4-8(2)3/h4H2,1-3H3/q+1. The molecule has 0 spiro atoms. The van der Waals surface area contributed by atoms with Crippen molar-refractivity contribution in [2.75, 3.05) is 18.5 Å². The summed E-state index contributed by atoms with van der Waals surface area (Å²) in [6.45, 7) is 1.42. The van der Waals surface area contributed by atoms with Crippen molar-refractivity contribution in [3.63, 3.8) is 0 Å². The highest BCUT2D eigenvalue weighted by Gasteiger charge is 2.02. The van der Waals surface area contributed by atoms with Crippen LogP contribution in [0.4, 0.5) is 0 Å². The Morgan fingerprint density at radius 3 is 2.25 bits per heavy atom. The van der Waals surface area contributed by atoms with Crippen LogP contribution in [0.3, 0.4) is 0 Å². The van der Waals surface area contributed by atoms with Gasteiger partial charge in [-0.1, -0.05) is 0 Å². The predicted octanol–water partition coefficient (Wildman–Crippen LogP) is 0.385. The van der Waals surface area contributed by atoms with Gasteiger partial charge in [0.05, 0.1) is 0 Å². The number of carbonyl (C=O) groups is 1. The minimum atomic E-state index is -0.189. The Balaban J connectivity index is 3.05. The lowest BCUT2D eigenvalue weighted by Gasteiger charge is -1.95. The molecule has 0 N–H and O–H groups in total. The van der Waals surface area contributed by atoms with Crippen molar-refractivity contribution < 1.29 is 9.53 Å². The third-order valence-electron chi connectivity index (χ3n) is 0.498. The fourth-order valence-corrected chi connectivity index (χ4v) is 0.602. The Hall–Kier alpha value is -0.180. The van der Waals surface area contributed by atoms with Crippen molar-refractivity contribution in [2.24, 2.45) is 0 Å². The zero-order valence-corrected chi connectivity index (χ0v) is 6.25. The van der Waals surface area contributed by atoms with Crippen molar-refractivity contribution >= 4 is 16.9 Å². The molecule has 8 heavy (non-hydrogen) atoms. The molecule has 0 aliphatic heterocycles. The molecule has 0 rings (SSSR count). The summed E-state index contributed by atoms with van der Waals surface area (Å²) in [5.74, 6) is 0.376. The second-order valence-corrected chi connectivity index (χ2v) is 3.95. The number of hydrogen-bond donors (Lipinski definition) is 0. The van der Waals surface area contributed by atoms with E-state index in [1.165, 1.54) is 6.92 Å². The minimum absolute atomic E-state index is 0.189. The van der Waals surface area contributed by atoms with E-state index >= 15 is 0 Å². The van der Waals surface area contributed by atoms with E-state index in [0.29, 0.717) is 5.94 Å². The molecule has 0 radical (unpaired) electrons. The smallest absolute Gasteiger partial charge is 0.306 e. The molecule has 0 heterocycles. The van der Waals surface area contributed by atoms with E-state index in [1.807, 2.05) is 12.5 Å². The van der Waals surface area contributed by atoms with Gasteiger partial charge in [0.25, 0.3) is 0 Å². The number of rotatable bonds is 2. The van der Waals surface area contributed by atoms with E-state index in [0.717, 1.165) is 0 Å². The van der Waals surface area contributed by atoms with E-state index in [4.69, 9.17) is 0 Å². The Labute approximate surface area is 52.6 Å². The van der Waals surface area contributed by atoms with Crippen molar-refractivity contribution in [3.8, 4) is 0 Å². The average Bonchev–Trinajstić information content (AvgIpc) is 1.61. The van der Waals surface area contributed by atoms with Crippen LogP contribution in [0.15, 0.2) is 0 Å². The first-order valence-corrected chi connectivity index (χ1v) is 4.51. The van der Waals surface area contributed by atoms with Gasteiger partial charge in [-0.15, -0.1) is 0 Å². The molecule has 0 aromatic carbocycles. The Kier molecular flexibility index (Phi) is 3.69. The molecule has 0 amide bonds. The second kappa shape index (κ2) is 3.78. The van der Waals surface area contributed by atoms with Gasteiger partial charge in [0.2, 0.25) is 5.94 Å². The van der Waals surface area contributed by atoms with Crippen LogP contribution in [0.25, 0.3) is 0 Å². The molecule has 0 unspecified atom stereocenters. The number of esters is 1.